The SMILES string of the molecule is O=c1c2c(F)cccc2nc(C2CC(Nc3ncnc4nc[nH]c34)C2)n1-c1ccccc1. The number of hydrogen-bond acceptors (Lipinski definition) is 6. The van der Waals surface area contributed by atoms with Gasteiger partial charge in [0.15, 0.2) is 11.5 Å². The highest BCUT2D eigenvalue weighted by Crippen LogP contribution is 2.38. The Labute approximate surface area is 181 Å². The number of nitrogens with zero attached hydrogens (tertiary/aromatic N) is 5. The molecule has 0 aliphatic heterocycles. The molecule has 0 bridgehead atoms. The molecule has 2 aromatic carbocycles. The molecule has 5 aromatic rings. The fourth-order valence-electron chi connectivity index (χ4n) is 4.32. The van der Waals surface area contributed by atoms with Crippen molar-refractivity contribution in [3.05, 3.63) is 83.2 Å². The van der Waals surface area contributed by atoms with Crippen LogP contribution in [0.4, 0.5) is 10.2 Å². The maximum absolute atomic E-state index is 14.5. The Bertz CT molecular complexity index is 1510. The molecule has 9 heteroatoms. The van der Waals surface area contributed by atoms with Crippen LogP contribution in [0.1, 0.15) is 24.6 Å². The molecular formula is C23H18FN7O. The topological polar surface area (TPSA) is 101 Å². The minimum atomic E-state index is -0.559. The first-order valence-electron chi connectivity index (χ1n) is 10.4. The van der Waals surface area contributed by atoms with Gasteiger partial charge in [0.05, 0.1) is 17.5 Å². The summed E-state index contributed by atoms with van der Waals surface area (Å²) in [4.78, 5) is 33.7. The van der Waals surface area contributed by atoms with E-state index in [0.717, 1.165) is 18.4 Å². The van der Waals surface area contributed by atoms with Crippen LogP contribution in [0.15, 0.2) is 66.0 Å². The number of rotatable bonds is 4. The number of aromatic amines is 1. The molecule has 8 nitrogen and oxygen atoms in total. The number of nitrogens with one attached hydrogen (secondary N) is 2. The molecule has 0 atom stereocenters. The number of hydrogen-bond donors (Lipinski definition) is 2. The van der Waals surface area contributed by atoms with Gasteiger partial charge in [0.1, 0.15) is 28.9 Å². The van der Waals surface area contributed by atoms with Crippen molar-refractivity contribution in [3.63, 3.8) is 0 Å². The zero-order chi connectivity index (χ0) is 21.7. The van der Waals surface area contributed by atoms with Crippen molar-refractivity contribution < 1.29 is 4.39 Å². The Morgan fingerprint density at radius 1 is 1.03 bits per heavy atom. The number of aromatic nitrogens is 6. The van der Waals surface area contributed by atoms with Gasteiger partial charge in [-0.2, -0.15) is 0 Å². The summed E-state index contributed by atoms with van der Waals surface area (Å²) in [6, 6.07) is 14.0. The fourth-order valence-corrected chi connectivity index (χ4v) is 4.32. The van der Waals surface area contributed by atoms with Gasteiger partial charge in [-0.15, -0.1) is 0 Å². The molecule has 1 fully saturated rings. The molecule has 0 saturated heterocycles. The summed E-state index contributed by atoms with van der Waals surface area (Å²) >= 11 is 0. The Morgan fingerprint density at radius 2 is 1.88 bits per heavy atom. The van der Waals surface area contributed by atoms with Gasteiger partial charge in [0.25, 0.3) is 5.56 Å². The molecule has 3 heterocycles. The van der Waals surface area contributed by atoms with E-state index in [-0.39, 0.29) is 22.9 Å². The monoisotopic (exact) mass is 427 g/mol. The summed E-state index contributed by atoms with van der Waals surface area (Å²) < 4.78 is 16.0. The lowest BCUT2D eigenvalue weighted by molar-refractivity contribution is 0.353. The smallest absolute Gasteiger partial charge is 0.268 e. The molecule has 0 radical (unpaired) electrons. The zero-order valence-electron chi connectivity index (χ0n) is 16.9. The van der Waals surface area contributed by atoms with Crippen LogP contribution in [-0.2, 0) is 0 Å². The van der Waals surface area contributed by atoms with Gasteiger partial charge in [0.2, 0.25) is 0 Å². The van der Waals surface area contributed by atoms with Gasteiger partial charge in [-0.3, -0.25) is 9.36 Å². The summed E-state index contributed by atoms with van der Waals surface area (Å²) in [5.74, 6) is 0.834. The number of H-pyrrole nitrogens is 1. The van der Waals surface area contributed by atoms with E-state index < -0.39 is 5.82 Å². The van der Waals surface area contributed by atoms with E-state index in [1.54, 1.807) is 23.0 Å². The fraction of sp³-hybridized carbons (Fsp3) is 0.174. The summed E-state index contributed by atoms with van der Waals surface area (Å²) in [7, 11) is 0. The molecule has 32 heavy (non-hydrogen) atoms. The zero-order valence-corrected chi connectivity index (χ0v) is 16.9. The largest absolute Gasteiger partial charge is 0.365 e. The van der Waals surface area contributed by atoms with Crippen molar-refractivity contribution >= 4 is 27.9 Å². The summed E-state index contributed by atoms with van der Waals surface area (Å²) in [6.45, 7) is 0. The molecule has 1 aliphatic rings. The van der Waals surface area contributed by atoms with Crippen LogP contribution >= 0.6 is 0 Å². The van der Waals surface area contributed by atoms with E-state index in [0.29, 0.717) is 28.5 Å². The van der Waals surface area contributed by atoms with Crippen LogP contribution in [0.3, 0.4) is 0 Å². The van der Waals surface area contributed by atoms with E-state index in [4.69, 9.17) is 4.98 Å². The van der Waals surface area contributed by atoms with Gasteiger partial charge in [-0.1, -0.05) is 24.3 Å². The number of imidazole rings is 1. The number of para-hydroxylation sites is 1. The average molecular weight is 427 g/mol. The van der Waals surface area contributed by atoms with Crippen LogP contribution in [0, 0.1) is 5.82 Å². The first-order chi connectivity index (χ1) is 15.7. The summed E-state index contributed by atoms with van der Waals surface area (Å²) in [6.07, 6.45) is 4.60. The Balaban J connectivity index is 1.37. The Morgan fingerprint density at radius 3 is 2.72 bits per heavy atom. The first-order valence-corrected chi connectivity index (χ1v) is 10.4. The van der Waals surface area contributed by atoms with Crippen LogP contribution in [0.2, 0.25) is 0 Å². The number of benzene rings is 2. The van der Waals surface area contributed by atoms with E-state index in [1.807, 2.05) is 30.3 Å². The highest BCUT2D eigenvalue weighted by atomic mass is 19.1. The van der Waals surface area contributed by atoms with Gasteiger partial charge in [0, 0.05) is 12.0 Å². The molecule has 158 valence electrons. The van der Waals surface area contributed by atoms with E-state index in [9.17, 15) is 9.18 Å². The normalized spacial score (nSPS) is 18.0. The quantitative estimate of drug-likeness (QED) is 0.455. The van der Waals surface area contributed by atoms with Crippen molar-refractivity contribution in [2.24, 2.45) is 0 Å². The molecular weight excluding hydrogens is 409 g/mol. The molecule has 1 saturated carbocycles. The van der Waals surface area contributed by atoms with E-state index in [1.165, 1.54) is 12.4 Å². The molecule has 2 N–H and O–H groups in total. The molecule has 1 aliphatic carbocycles. The third-order valence-corrected chi connectivity index (χ3v) is 5.95. The maximum Gasteiger partial charge on any atom is 0.268 e. The molecule has 3 aromatic heterocycles. The lowest BCUT2D eigenvalue weighted by atomic mass is 9.79. The number of anilines is 1. The molecule has 0 amide bonds. The number of halogens is 1. The van der Waals surface area contributed by atoms with Crippen LogP contribution in [0.25, 0.3) is 27.8 Å². The van der Waals surface area contributed by atoms with Crippen molar-refractivity contribution in [2.75, 3.05) is 5.32 Å². The summed E-state index contributed by atoms with van der Waals surface area (Å²) in [5, 5.41) is 3.44. The molecule has 0 spiro atoms. The van der Waals surface area contributed by atoms with Crippen LogP contribution < -0.4 is 10.9 Å². The molecule has 0 unspecified atom stereocenters. The van der Waals surface area contributed by atoms with Gasteiger partial charge >= 0.3 is 0 Å². The molecule has 6 rings (SSSR count). The third kappa shape index (κ3) is 2.93. The van der Waals surface area contributed by atoms with Gasteiger partial charge < -0.3 is 10.3 Å². The predicted octanol–water partition coefficient (Wildman–Crippen LogP) is 3.55. The van der Waals surface area contributed by atoms with E-state index in [2.05, 4.69) is 25.3 Å². The predicted molar refractivity (Wildman–Crippen MR) is 118 cm³/mol. The second kappa shape index (κ2) is 7.23. The number of fused-ring (bicyclic) bond motifs is 2. The van der Waals surface area contributed by atoms with Crippen molar-refractivity contribution in [1.82, 2.24) is 29.5 Å². The summed E-state index contributed by atoms with van der Waals surface area (Å²) in [5.41, 5.74) is 2.03. The lowest BCUT2D eigenvalue weighted by Gasteiger charge is -2.36. The standard InChI is InChI=1S/C23H18FN7O/c24-16-7-4-8-17-18(16)23(32)31(15-5-2-1-3-6-15)22(30-17)13-9-14(10-13)29-21-19-20(26-11-25-19)27-12-28-21/h1-8,11-14H,9-10H2,(H2,25,26,27,28,29). The van der Waals surface area contributed by atoms with E-state index >= 15 is 0 Å². The van der Waals surface area contributed by atoms with Crippen molar-refractivity contribution in [2.45, 2.75) is 24.8 Å². The van der Waals surface area contributed by atoms with Crippen LogP contribution in [0.5, 0.6) is 0 Å². The third-order valence-electron chi connectivity index (χ3n) is 5.95. The average Bonchev–Trinajstić information content (AvgIpc) is 3.26. The Hall–Kier alpha value is -4.14. The second-order valence-corrected chi connectivity index (χ2v) is 7.91. The highest BCUT2D eigenvalue weighted by molar-refractivity contribution is 5.82. The van der Waals surface area contributed by atoms with Crippen molar-refractivity contribution in [3.8, 4) is 5.69 Å². The van der Waals surface area contributed by atoms with Gasteiger partial charge in [-0.05, 0) is 37.1 Å². The minimum Gasteiger partial charge on any atom is -0.365 e. The van der Waals surface area contributed by atoms with Crippen LogP contribution in [-0.4, -0.2) is 35.5 Å². The highest BCUT2D eigenvalue weighted by Gasteiger charge is 2.35. The lowest BCUT2D eigenvalue weighted by Crippen LogP contribution is -2.38. The van der Waals surface area contributed by atoms with Crippen molar-refractivity contribution in [1.29, 1.82) is 0 Å². The maximum atomic E-state index is 14.5. The Kier molecular flexibility index (Phi) is 4.20. The first kappa shape index (κ1) is 18.6. The second-order valence-electron chi connectivity index (χ2n) is 7.91. The minimum absolute atomic E-state index is 0.0109. The van der Waals surface area contributed by atoms with Gasteiger partial charge in [-0.25, -0.2) is 24.3 Å².